The molecule has 0 aliphatic rings. The van der Waals surface area contributed by atoms with Crippen molar-refractivity contribution in [2.45, 2.75) is 6.54 Å². The SMILES string of the molecule is CN(C)CCn1cc(NC(=O)c2cccc(-n3cc(NC(=O)Nc4ccccc4Cl)cn3)c2)cn1. The van der Waals surface area contributed by atoms with Gasteiger partial charge in [0.15, 0.2) is 0 Å². The Hall–Kier alpha value is -4.15. The molecule has 0 aliphatic carbocycles. The topological polar surface area (TPSA) is 109 Å². The standard InChI is InChI=1S/C24H25ClN8O2/c1-31(2)10-11-32-15-18(13-26-32)28-23(34)17-6-5-7-20(12-17)33-16-19(14-27-33)29-24(35)30-22-9-4-3-8-21(22)25/h3-9,12-16H,10-11H2,1-2H3,(H,28,34)(H2,29,30,35). The molecule has 11 heteroatoms. The van der Waals surface area contributed by atoms with E-state index < -0.39 is 6.03 Å². The van der Waals surface area contributed by atoms with E-state index in [-0.39, 0.29) is 5.91 Å². The molecule has 35 heavy (non-hydrogen) atoms. The Morgan fingerprint density at radius 2 is 1.71 bits per heavy atom. The first kappa shape index (κ1) is 24.0. The van der Waals surface area contributed by atoms with Gasteiger partial charge in [-0.2, -0.15) is 10.2 Å². The Kier molecular flexibility index (Phi) is 7.44. The predicted octanol–water partition coefficient (Wildman–Crippen LogP) is 4.18. The van der Waals surface area contributed by atoms with Crippen molar-refractivity contribution in [3.05, 3.63) is 83.9 Å². The molecule has 0 unspecified atom stereocenters. The van der Waals surface area contributed by atoms with Gasteiger partial charge < -0.3 is 20.9 Å². The monoisotopic (exact) mass is 492 g/mol. The minimum Gasteiger partial charge on any atom is -0.319 e. The van der Waals surface area contributed by atoms with Gasteiger partial charge in [0.05, 0.1) is 52.9 Å². The molecule has 0 atom stereocenters. The van der Waals surface area contributed by atoms with Crippen molar-refractivity contribution < 1.29 is 9.59 Å². The molecule has 0 bridgehead atoms. The third kappa shape index (κ3) is 6.46. The van der Waals surface area contributed by atoms with Gasteiger partial charge in [0, 0.05) is 18.3 Å². The van der Waals surface area contributed by atoms with E-state index in [4.69, 9.17) is 11.6 Å². The highest BCUT2D eigenvalue weighted by Crippen LogP contribution is 2.21. The van der Waals surface area contributed by atoms with E-state index in [9.17, 15) is 9.59 Å². The fraction of sp³-hybridized carbons (Fsp3) is 0.167. The number of nitrogens with one attached hydrogen (secondary N) is 3. The van der Waals surface area contributed by atoms with Crippen molar-refractivity contribution in [3.8, 4) is 5.69 Å². The molecule has 2 aromatic heterocycles. The number of para-hydroxylation sites is 1. The van der Waals surface area contributed by atoms with Gasteiger partial charge in [-0.3, -0.25) is 9.48 Å². The van der Waals surface area contributed by atoms with Gasteiger partial charge in [0.25, 0.3) is 5.91 Å². The number of hydrogen-bond donors (Lipinski definition) is 3. The summed E-state index contributed by atoms with van der Waals surface area (Å²) in [6, 6.07) is 13.5. The van der Waals surface area contributed by atoms with Crippen LogP contribution >= 0.6 is 11.6 Å². The molecule has 0 saturated heterocycles. The van der Waals surface area contributed by atoms with Crippen LogP contribution in [0.25, 0.3) is 5.69 Å². The van der Waals surface area contributed by atoms with Crippen LogP contribution < -0.4 is 16.0 Å². The van der Waals surface area contributed by atoms with Gasteiger partial charge >= 0.3 is 6.03 Å². The number of likely N-dealkylation sites (N-methyl/N-ethyl adjacent to an activating group) is 1. The highest BCUT2D eigenvalue weighted by atomic mass is 35.5. The number of urea groups is 1. The molecule has 4 aromatic rings. The van der Waals surface area contributed by atoms with Crippen molar-refractivity contribution in [1.29, 1.82) is 0 Å². The maximum absolute atomic E-state index is 12.8. The lowest BCUT2D eigenvalue weighted by molar-refractivity contribution is 0.102. The second kappa shape index (κ2) is 10.9. The van der Waals surface area contributed by atoms with Crippen LogP contribution in [0.15, 0.2) is 73.3 Å². The maximum Gasteiger partial charge on any atom is 0.323 e. The Morgan fingerprint density at radius 1 is 0.943 bits per heavy atom. The van der Waals surface area contributed by atoms with E-state index in [1.165, 1.54) is 6.20 Å². The highest BCUT2D eigenvalue weighted by Gasteiger charge is 2.11. The molecular formula is C24H25ClN8O2. The summed E-state index contributed by atoms with van der Waals surface area (Å²) in [4.78, 5) is 27.1. The lowest BCUT2D eigenvalue weighted by Gasteiger charge is -2.08. The number of hydrogen-bond acceptors (Lipinski definition) is 5. The zero-order valence-electron chi connectivity index (χ0n) is 19.3. The van der Waals surface area contributed by atoms with Gasteiger partial charge in [-0.1, -0.05) is 29.8 Å². The molecule has 2 heterocycles. The second-order valence-electron chi connectivity index (χ2n) is 8.03. The minimum atomic E-state index is -0.447. The number of rotatable bonds is 8. The Labute approximate surface area is 207 Å². The fourth-order valence-corrected chi connectivity index (χ4v) is 3.40. The Balaban J connectivity index is 1.38. The molecule has 0 spiro atoms. The first-order valence-corrected chi connectivity index (χ1v) is 11.2. The van der Waals surface area contributed by atoms with Crippen molar-refractivity contribution >= 4 is 40.6 Å². The molecule has 10 nitrogen and oxygen atoms in total. The van der Waals surface area contributed by atoms with Crippen LogP contribution in [0.4, 0.5) is 21.9 Å². The van der Waals surface area contributed by atoms with E-state index in [0.717, 1.165) is 13.1 Å². The van der Waals surface area contributed by atoms with Crippen LogP contribution in [-0.2, 0) is 6.54 Å². The summed E-state index contributed by atoms with van der Waals surface area (Å²) >= 11 is 6.08. The van der Waals surface area contributed by atoms with E-state index in [2.05, 4.69) is 31.0 Å². The molecule has 4 rings (SSSR count). The number of anilines is 3. The van der Waals surface area contributed by atoms with E-state index >= 15 is 0 Å². The quantitative estimate of drug-likeness (QED) is 0.342. The highest BCUT2D eigenvalue weighted by molar-refractivity contribution is 6.33. The third-order valence-corrected chi connectivity index (χ3v) is 5.33. The van der Waals surface area contributed by atoms with E-state index in [0.29, 0.717) is 33.3 Å². The number of benzene rings is 2. The lowest BCUT2D eigenvalue weighted by Crippen LogP contribution is -2.19. The molecule has 3 N–H and O–H groups in total. The van der Waals surface area contributed by atoms with Crippen LogP contribution in [-0.4, -0.2) is 57.0 Å². The number of carbonyl (C=O) groups excluding carboxylic acids is 2. The first-order valence-electron chi connectivity index (χ1n) is 10.8. The maximum atomic E-state index is 12.8. The Morgan fingerprint density at radius 3 is 2.51 bits per heavy atom. The number of nitrogens with zero attached hydrogens (tertiary/aromatic N) is 5. The molecule has 2 aromatic carbocycles. The van der Waals surface area contributed by atoms with Crippen molar-refractivity contribution in [2.24, 2.45) is 0 Å². The summed E-state index contributed by atoms with van der Waals surface area (Å²) in [7, 11) is 3.99. The van der Waals surface area contributed by atoms with Gasteiger partial charge in [-0.15, -0.1) is 0 Å². The van der Waals surface area contributed by atoms with Crippen LogP contribution in [0.2, 0.25) is 5.02 Å². The lowest BCUT2D eigenvalue weighted by atomic mass is 10.2. The molecule has 0 saturated carbocycles. The van der Waals surface area contributed by atoms with Crippen LogP contribution in [0, 0.1) is 0 Å². The van der Waals surface area contributed by atoms with Crippen LogP contribution in [0.1, 0.15) is 10.4 Å². The number of aromatic nitrogens is 4. The number of amides is 3. The van der Waals surface area contributed by atoms with Gasteiger partial charge in [0.2, 0.25) is 0 Å². The summed E-state index contributed by atoms with van der Waals surface area (Å²) in [5.41, 5.74) is 2.73. The van der Waals surface area contributed by atoms with E-state index in [1.807, 2.05) is 20.2 Å². The van der Waals surface area contributed by atoms with Crippen molar-refractivity contribution in [1.82, 2.24) is 24.5 Å². The van der Waals surface area contributed by atoms with Crippen molar-refractivity contribution in [2.75, 3.05) is 36.6 Å². The van der Waals surface area contributed by atoms with Gasteiger partial charge in [-0.05, 0) is 44.4 Å². The number of carbonyl (C=O) groups is 2. The fourth-order valence-electron chi connectivity index (χ4n) is 3.22. The smallest absolute Gasteiger partial charge is 0.319 e. The molecule has 180 valence electrons. The van der Waals surface area contributed by atoms with Gasteiger partial charge in [0.1, 0.15) is 0 Å². The largest absolute Gasteiger partial charge is 0.323 e. The molecule has 0 aliphatic heterocycles. The van der Waals surface area contributed by atoms with Crippen LogP contribution in [0.3, 0.4) is 0 Å². The summed E-state index contributed by atoms with van der Waals surface area (Å²) in [6.45, 7) is 1.57. The third-order valence-electron chi connectivity index (χ3n) is 5.00. The first-order chi connectivity index (χ1) is 16.9. The Bertz CT molecular complexity index is 1330. The summed E-state index contributed by atoms with van der Waals surface area (Å²) in [6.07, 6.45) is 6.58. The zero-order valence-corrected chi connectivity index (χ0v) is 20.0. The average Bonchev–Trinajstić information content (AvgIpc) is 3.49. The summed E-state index contributed by atoms with van der Waals surface area (Å²) in [5, 5.41) is 17.3. The molecule has 0 fully saturated rings. The molecule has 3 amide bonds. The summed E-state index contributed by atoms with van der Waals surface area (Å²) < 4.78 is 3.35. The molecular weight excluding hydrogens is 468 g/mol. The average molecular weight is 493 g/mol. The normalized spacial score (nSPS) is 10.9. The van der Waals surface area contributed by atoms with Crippen molar-refractivity contribution in [3.63, 3.8) is 0 Å². The summed E-state index contributed by atoms with van der Waals surface area (Å²) in [5.74, 6) is -0.261. The zero-order chi connectivity index (χ0) is 24.8. The second-order valence-corrected chi connectivity index (χ2v) is 8.44. The van der Waals surface area contributed by atoms with E-state index in [1.54, 1.807) is 70.4 Å². The van der Waals surface area contributed by atoms with Gasteiger partial charge in [-0.25, -0.2) is 9.48 Å². The minimum absolute atomic E-state index is 0.261. The van der Waals surface area contributed by atoms with Crippen LogP contribution in [0.5, 0.6) is 0 Å². The predicted molar refractivity (Wildman–Crippen MR) is 136 cm³/mol. The number of halogens is 1. The molecule has 0 radical (unpaired) electrons.